The number of nitrogens with one attached hydrogen (secondary N) is 1. The number of carbonyl (C=O) groups is 1. The molecule has 1 aromatic carbocycles. The zero-order valence-electron chi connectivity index (χ0n) is 18.2. The van der Waals surface area contributed by atoms with Crippen LogP contribution in [0.2, 0.25) is 0 Å². The quantitative estimate of drug-likeness (QED) is 0.464. The molecule has 4 heterocycles. The van der Waals surface area contributed by atoms with Gasteiger partial charge in [-0.2, -0.15) is 0 Å². The molecule has 1 aliphatic carbocycles. The molecular formula is C24H25N5O2S. The largest absolute Gasteiger partial charge is 0.440 e. The van der Waals surface area contributed by atoms with Crippen molar-refractivity contribution >= 4 is 50.1 Å². The summed E-state index contributed by atoms with van der Waals surface area (Å²) in [6.07, 6.45) is 5.57. The number of anilines is 2. The average molecular weight is 448 g/mol. The van der Waals surface area contributed by atoms with Crippen LogP contribution in [0.4, 0.5) is 11.5 Å². The Labute approximate surface area is 189 Å². The second kappa shape index (κ2) is 7.55. The molecule has 1 saturated heterocycles. The zero-order chi connectivity index (χ0) is 21.8. The van der Waals surface area contributed by atoms with Crippen LogP contribution in [0.15, 0.2) is 28.9 Å². The van der Waals surface area contributed by atoms with Crippen LogP contribution in [-0.4, -0.2) is 33.9 Å². The molecule has 2 aliphatic rings. The van der Waals surface area contributed by atoms with E-state index in [1.807, 2.05) is 18.2 Å². The van der Waals surface area contributed by atoms with Gasteiger partial charge in [-0.25, -0.2) is 15.0 Å². The van der Waals surface area contributed by atoms with Crippen molar-refractivity contribution in [2.75, 3.05) is 23.3 Å². The summed E-state index contributed by atoms with van der Waals surface area (Å²) in [5, 5.41) is 4.25. The monoisotopic (exact) mass is 447 g/mol. The molecule has 8 heteroatoms. The highest BCUT2D eigenvalue weighted by Gasteiger charge is 2.30. The molecule has 1 N–H and O–H groups in total. The van der Waals surface area contributed by atoms with E-state index < -0.39 is 0 Å². The van der Waals surface area contributed by atoms with Crippen LogP contribution in [0.5, 0.6) is 0 Å². The second-order valence-corrected chi connectivity index (χ2v) is 10.1. The zero-order valence-corrected chi connectivity index (χ0v) is 19.0. The van der Waals surface area contributed by atoms with Gasteiger partial charge in [-0.05, 0) is 63.3 Å². The number of hydrogen-bond acceptors (Lipinski definition) is 7. The van der Waals surface area contributed by atoms with E-state index >= 15 is 0 Å². The lowest BCUT2D eigenvalue weighted by molar-refractivity contribution is -0.120. The molecule has 0 spiro atoms. The van der Waals surface area contributed by atoms with Gasteiger partial charge in [0.05, 0.1) is 5.39 Å². The molecule has 32 heavy (non-hydrogen) atoms. The summed E-state index contributed by atoms with van der Waals surface area (Å²) >= 11 is 1.72. The number of thiophene rings is 1. The molecule has 4 aromatic rings. The van der Waals surface area contributed by atoms with E-state index in [0.717, 1.165) is 77.5 Å². The fourth-order valence-corrected chi connectivity index (χ4v) is 5.52. The summed E-state index contributed by atoms with van der Waals surface area (Å²) in [4.78, 5) is 31.2. The Kier molecular flexibility index (Phi) is 4.64. The highest BCUT2D eigenvalue weighted by molar-refractivity contribution is 7.18. The third-order valence-electron chi connectivity index (χ3n) is 6.71. The number of hydrogen-bond donors (Lipinski definition) is 1. The minimum Gasteiger partial charge on any atom is -0.440 e. The van der Waals surface area contributed by atoms with Crippen molar-refractivity contribution < 1.29 is 9.21 Å². The smallest absolute Gasteiger partial charge is 0.227 e. The summed E-state index contributed by atoms with van der Waals surface area (Å²) < 4.78 is 5.82. The first kappa shape index (κ1) is 19.7. The van der Waals surface area contributed by atoms with Crippen LogP contribution in [0, 0.1) is 19.8 Å². The van der Waals surface area contributed by atoms with Crippen molar-refractivity contribution in [3.8, 4) is 0 Å². The first-order chi connectivity index (χ1) is 15.6. The lowest BCUT2D eigenvalue weighted by atomic mass is 9.95. The van der Waals surface area contributed by atoms with Gasteiger partial charge in [-0.15, -0.1) is 11.3 Å². The van der Waals surface area contributed by atoms with Crippen LogP contribution < -0.4 is 10.2 Å². The fraction of sp³-hybridized carbons (Fsp3) is 0.417. The van der Waals surface area contributed by atoms with E-state index in [1.54, 1.807) is 17.7 Å². The van der Waals surface area contributed by atoms with Gasteiger partial charge in [0.1, 0.15) is 22.5 Å². The Morgan fingerprint density at radius 3 is 2.75 bits per heavy atom. The number of rotatable bonds is 4. The molecule has 7 nitrogen and oxygen atoms in total. The summed E-state index contributed by atoms with van der Waals surface area (Å²) in [7, 11) is 0. The number of amides is 1. The van der Waals surface area contributed by atoms with E-state index in [-0.39, 0.29) is 11.8 Å². The Bertz CT molecular complexity index is 1330. The molecular weight excluding hydrogens is 422 g/mol. The molecule has 2 fully saturated rings. The minimum atomic E-state index is -0.0103. The molecule has 0 unspecified atom stereocenters. The summed E-state index contributed by atoms with van der Waals surface area (Å²) in [5.41, 5.74) is 3.64. The van der Waals surface area contributed by atoms with Crippen molar-refractivity contribution in [1.29, 1.82) is 0 Å². The Morgan fingerprint density at radius 1 is 1.16 bits per heavy atom. The predicted molar refractivity (Wildman–Crippen MR) is 126 cm³/mol. The number of aromatic nitrogens is 3. The number of benzene rings is 1. The summed E-state index contributed by atoms with van der Waals surface area (Å²) in [6.45, 7) is 5.89. The first-order valence-corrected chi connectivity index (χ1v) is 12.1. The molecule has 0 atom stereocenters. The number of fused-ring (bicyclic) bond motifs is 2. The number of carbonyl (C=O) groups excluding carboxylic acids is 1. The standard InChI is InChI=1S/C24H25N5O2S/c1-13-14(2)32-24-20(13)21(25-12-26-24)29-9-7-15(8-10-29)22(30)27-17-5-6-19-18(11-17)28-23(31-19)16-3-4-16/h5-6,11-12,15-16H,3-4,7-10H2,1-2H3,(H,27,30). The topological polar surface area (TPSA) is 84.2 Å². The molecule has 1 aliphatic heterocycles. The molecule has 0 bridgehead atoms. The maximum Gasteiger partial charge on any atom is 0.227 e. The van der Waals surface area contributed by atoms with E-state index in [9.17, 15) is 4.79 Å². The minimum absolute atomic E-state index is 0.0103. The van der Waals surface area contributed by atoms with Crippen molar-refractivity contribution in [3.05, 3.63) is 40.9 Å². The summed E-state index contributed by atoms with van der Waals surface area (Å²) in [6, 6.07) is 5.71. The van der Waals surface area contributed by atoms with Gasteiger partial charge >= 0.3 is 0 Å². The van der Waals surface area contributed by atoms with E-state index in [4.69, 9.17) is 4.42 Å². The molecule has 1 amide bonds. The SMILES string of the molecule is Cc1sc2ncnc(N3CCC(C(=O)Nc4ccc5oc(C6CC6)nc5c4)CC3)c2c1C. The van der Waals surface area contributed by atoms with Crippen LogP contribution in [-0.2, 0) is 4.79 Å². The third-order valence-corrected chi connectivity index (χ3v) is 7.82. The van der Waals surface area contributed by atoms with Crippen molar-refractivity contribution in [3.63, 3.8) is 0 Å². The lowest BCUT2D eigenvalue weighted by Gasteiger charge is -2.32. The Morgan fingerprint density at radius 2 is 1.97 bits per heavy atom. The first-order valence-electron chi connectivity index (χ1n) is 11.2. The van der Waals surface area contributed by atoms with Crippen LogP contribution >= 0.6 is 11.3 Å². The fourth-order valence-electron chi connectivity index (χ4n) is 4.53. The van der Waals surface area contributed by atoms with E-state index in [0.29, 0.717) is 5.92 Å². The van der Waals surface area contributed by atoms with Gasteiger partial charge in [0.15, 0.2) is 11.5 Å². The van der Waals surface area contributed by atoms with Gasteiger partial charge in [0.25, 0.3) is 0 Å². The summed E-state index contributed by atoms with van der Waals surface area (Å²) in [5.74, 6) is 2.36. The number of piperidine rings is 1. The number of oxazole rings is 1. The van der Waals surface area contributed by atoms with Gasteiger partial charge in [-0.3, -0.25) is 4.79 Å². The highest BCUT2D eigenvalue weighted by Crippen LogP contribution is 2.41. The number of nitrogens with zero attached hydrogens (tertiary/aromatic N) is 4. The molecule has 1 saturated carbocycles. The Balaban J connectivity index is 1.14. The highest BCUT2D eigenvalue weighted by atomic mass is 32.1. The van der Waals surface area contributed by atoms with Crippen LogP contribution in [0.1, 0.15) is 47.9 Å². The normalized spacial score (nSPS) is 17.4. The number of aryl methyl sites for hydroxylation is 2. The van der Waals surface area contributed by atoms with E-state index in [2.05, 4.69) is 39.0 Å². The molecule has 3 aromatic heterocycles. The predicted octanol–water partition coefficient (Wildman–Crippen LogP) is 5.18. The Hall–Kier alpha value is -3.00. The molecule has 164 valence electrons. The average Bonchev–Trinajstić information content (AvgIpc) is 3.50. The van der Waals surface area contributed by atoms with Crippen LogP contribution in [0.25, 0.3) is 21.3 Å². The van der Waals surface area contributed by atoms with Gasteiger partial charge in [0.2, 0.25) is 5.91 Å². The van der Waals surface area contributed by atoms with E-state index in [1.165, 1.54) is 10.4 Å². The van der Waals surface area contributed by atoms with Crippen LogP contribution in [0.3, 0.4) is 0 Å². The van der Waals surface area contributed by atoms with Gasteiger partial charge in [-0.1, -0.05) is 0 Å². The van der Waals surface area contributed by atoms with Crippen molar-refractivity contribution in [1.82, 2.24) is 15.0 Å². The third kappa shape index (κ3) is 3.43. The second-order valence-electron chi connectivity index (χ2n) is 8.92. The maximum absolute atomic E-state index is 12.9. The lowest BCUT2D eigenvalue weighted by Crippen LogP contribution is -2.38. The van der Waals surface area contributed by atoms with Gasteiger partial charge in [0, 0.05) is 35.5 Å². The molecule has 0 radical (unpaired) electrons. The van der Waals surface area contributed by atoms with Crippen molar-refractivity contribution in [2.24, 2.45) is 5.92 Å². The molecule has 6 rings (SSSR count). The maximum atomic E-state index is 12.9. The van der Waals surface area contributed by atoms with Gasteiger partial charge < -0.3 is 14.6 Å². The van der Waals surface area contributed by atoms with Crippen molar-refractivity contribution in [2.45, 2.75) is 45.4 Å².